The minimum absolute atomic E-state index is 0.267. The van der Waals surface area contributed by atoms with Crippen LogP contribution in [0.3, 0.4) is 0 Å². The Kier molecular flexibility index (Phi) is 11.2. The van der Waals surface area contributed by atoms with Crippen LogP contribution in [0.1, 0.15) is 52.9 Å². The maximum Gasteiger partial charge on any atom is 0.481 e. The van der Waals surface area contributed by atoms with E-state index in [1.807, 2.05) is 20.8 Å². The quantitative estimate of drug-likeness (QED) is 0.296. The van der Waals surface area contributed by atoms with Crippen LogP contribution in [0.5, 0.6) is 0 Å². The summed E-state index contributed by atoms with van der Waals surface area (Å²) in [6.45, 7) is 5.48. The molecule has 0 aliphatic heterocycles. The fraction of sp³-hybridized carbons (Fsp3) is 0.714. The molecule has 24 heavy (non-hydrogen) atoms. The molecule has 0 aliphatic rings. The zero-order valence-corrected chi connectivity index (χ0v) is 16.1. The molecule has 0 heterocycles. The summed E-state index contributed by atoms with van der Waals surface area (Å²) in [5, 5.41) is 9.50. The van der Waals surface area contributed by atoms with Crippen LogP contribution in [-0.2, 0) is 18.0 Å². The van der Waals surface area contributed by atoms with Gasteiger partial charge in [0.05, 0.1) is 12.7 Å². The van der Waals surface area contributed by atoms with Gasteiger partial charge in [-0.25, -0.2) is 9.13 Å². The van der Waals surface area contributed by atoms with Gasteiger partial charge in [-0.15, -0.1) is 0 Å². The number of aliphatic hydroxyl groups excluding tert-OH is 1. The summed E-state index contributed by atoms with van der Waals surface area (Å²) in [4.78, 5) is 26.0. The molecular formula is C14H28O8P2. The first-order valence-corrected chi connectivity index (χ1v) is 10.7. The smallest absolute Gasteiger partial charge is 0.393 e. The molecule has 0 saturated heterocycles. The zero-order chi connectivity index (χ0) is 18.8. The van der Waals surface area contributed by atoms with E-state index in [0.29, 0.717) is 6.42 Å². The molecule has 10 heteroatoms. The van der Waals surface area contributed by atoms with E-state index >= 15 is 0 Å². The van der Waals surface area contributed by atoms with Crippen molar-refractivity contribution >= 4 is 15.6 Å². The van der Waals surface area contributed by atoms with Gasteiger partial charge in [-0.2, -0.15) is 4.31 Å². The molecule has 0 spiro atoms. The Morgan fingerprint density at radius 3 is 2.21 bits per heavy atom. The van der Waals surface area contributed by atoms with E-state index in [4.69, 9.17) is 14.7 Å². The van der Waals surface area contributed by atoms with Gasteiger partial charge in [0, 0.05) is 0 Å². The van der Waals surface area contributed by atoms with Crippen molar-refractivity contribution in [2.45, 2.75) is 59.0 Å². The van der Waals surface area contributed by atoms with Crippen molar-refractivity contribution in [1.29, 1.82) is 0 Å². The highest BCUT2D eigenvalue weighted by molar-refractivity contribution is 7.60. The molecule has 0 aliphatic carbocycles. The van der Waals surface area contributed by atoms with Gasteiger partial charge >= 0.3 is 15.6 Å². The molecule has 0 bridgehead atoms. The van der Waals surface area contributed by atoms with Gasteiger partial charge in [-0.3, -0.25) is 4.52 Å². The van der Waals surface area contributed by atoms with Gasteiger partial charge in [0.15, 0.2) is 0 Å². The Morgan fingerprint density at radius 1 is 1.08 bits per heavy atom. The molecule has 0 aromatic carbocycles. The fourth-order valence-corrected chi connectivity index (χ4v) is 3.31. The van der Waals surface area contributed by atoms with Crippen molar-refractivity contribution in [2.75, 3.05) is 6.61 Å². The van der Waals surface area contributed by atoms with E-state index in [1.54, 1.807) is 6.08 Å². The van der Waals surface area contributed by atoms with E-state index in [1.165, 1.54) is 5.57 Å². The van der Waals surface area contributed by atoms with Crippen molar-refractivity contribution in [1.82, 2.24) is 0 Å². The molecule has 0 aromatic rings. The highest BCUT2D eigenvalue weighted by Gasteiger charge is 2.31. The molecular weight excluding hydrogens is 358 g/mol. The third-order valence-corrected chi connectivity index (χ3v) is 5.41. The van der Waals surface area contributed by atoms with Gasteiger partial charge in [0.1, 0.15) is 0 Å². The number of phosphoric ester groups is 1. The lowest BCUT2D eigenvalue weighted by Gasteiger charge is -2.11. The number of aliphatic hydroxyl groups is 1. The minimum Gasteiger partial charge on any atom is -0.393 e. The number of rotatable bonds is 12. The third-order valence-electron chi connectivity index (χ3n) is 3.25. The molecule has 0 amide bonds. The number of allylic oxidation sites excluding steroid dienone is 3. The largest absolute Gasteiger partial charge is 0.481 e. The molecule has 0 radical (unpaired) electrons. The van der Waals surface area contributed by atoms with Crippen LogP contribution in [0.4, 0.5) is 0 Å². The monoisotopic (exact) mass is 386 g/mol. The molecule has 142 valence electrons. The van der Waals surface area contributed by atoms with Gasteiger partial charge in [0.2, 0.25) is 0 Å². The van der Waals surface area contributed by atoms with Crippen LogP contribution in [0.25, 0.3) is 0 Å². The number of phosphoric acid groups is 2. The first-order valence-electron chi connectivity index (χ1n) is 7.68. The predicted octanol–water partition coefficient (Wildman–Crippen LogP) is 3.44. The molecule has 4 N–H and O–H groups in total. The minimum atomic E-state index is -5.08. The van der Waals surface area contributed by atoms with Crippen molar-refractivity contribution in [3.8, 4) is 0 Å². The summed E-state index contributed by atoms with van der Waals surface area (Å²) in [6.07, 6.45) is 7.19. The van der Waals surface area contributed by atoms with Gasteiger partial charge in [-0.1, -0.05) is 30.2 Å². The highest BCUT2D eigenvalue weighted by Crippen LogP contribution is 2.57. The van der Waals surface area contributed by atoms with E-state index in [-0.39, 0.29) is 12.7 Å². The molecule has 0 rings (SSSR count). The highest BCUT2D eigenvalue weighted by atomic mass is 31.3. The molecule has 0 saturated carbocycles. The second kappa shape index (κ2) is 11.3. The number of hydrogen-bond donors (Lipinski definition) is 4. The summed E-state index contributed by atoms with van der Waals surface area (Å²) >= 11 is 0. The van der Waals surface area contributed by atoms with Crippen LogP contribution >= 0.6 is 15.6 Å². The van der Waals surface area contributed by atoms with Crippen LogP contribution < -0.4 is 0 Å². The predicted molar refractivity (Wildman–Crippen MR) is 91.2 cm³/mol. The Labute approximate surface area is 143 Å². The van der Waals surface area contributed by atoms with Crippen molar-refractivity contribution in [3.05, 3.63) is 23.3 Å². The Bertz CT molecular complexity index is 523. The van der Waals surface area contributed by atoms with Crippen LogP contribution in [-0.4, -0.2) is 32.5 Å². The van der Waals surface area contributed by atoms with Crippen molar-refractivity contribution in [3.63, 3.8) is 0 Å². The molecule has 8 nitrogen and oxygen atoms in total. The average Bonchev–Trinajstić information content (AvgIpc) is 2.41. The first kappa shape index (κ1) is 23.7. The summed E-state index contributed by atoms with van der Waals surface area (Å²) in [6, 6.07) is 0. The summed E-state index contributed by atoms with van der Waals surface area (Å²) in [7, 11) is -9.86. The molecule has 2 atom stereocenters. The normalized spacial score (nSPS) is 17.6. The molecule has 0 fully saturated rings. The zero-order valence-electron chi connectivity index (χ0n) is 14.3. The summed E-state index contributed by atoms with van der Waals surface area (Å²) < 4.78 is 29.8. The lowest BCUT2D eigenvalue weighted by atomic mass is 10.0. The Morgan fingerprint density at radius 2 is 1.67 bits per heavy atom. The second-order valence-electron chi connectivity index (χ2n) is 5.58. The SMILES string of the molecule is CCC(O)CC/C(C)=C/CC/C(C)=C/COP(=O)(O)OP(=O)(O)O. The lowest BCUT2D eigenvalue weighted by molar-refractivity contribution is 0.160. The van der Waals surface area contributed by atoms with Crippen molar-refractivity contribution in [2.24, 2.45) is 0 Å². The van der Waals surface area contributed by atoms with E-state index in [9.17, 15) is 14.2 Å². The van der Waals surface area contributed by atoms with E-state index in [2.05, 4.69) is 14.9 Å². The summed E-state index contributed by atoms with van der Waals surface area (Å²) in [5.74, 6) is 0. The Balaban J connectivity index is 4.15. The maximum atomic E-state index is 11.2. The molecule has 2 unspecified atom stereocenters. The second-order valence-corrected chi connectivity index (χ2v) is 8.41. The van der Waals surface area contributed by atoms with Gasteiger partial charge in [0.25, 0.3) is 0 Å². The maximum absolute atomic E-state index is 11.2. The summed E-state index contributed by atoms with van der Waals surface area (Å²) in [5.41, 5.74) is 2.10. The first-order chi connectivity index (χ1) is 10.9. The van der Waals surface area contributed by atoms with Gasteiger partial charge < -0.3 is 19.8 Å². The average molecular weight is 386 g/mol. The standard InChI is InChI=1S/C14H28O8P2/c1-4-14(15)9-8-12(2)6-5-7-13(3)10-11-21-24(19,20)22-23(16,17)18/h6,10,14-15H,4-5,7-9,11H2,1-3H3,(H,19,20)(H2,16,17,18)/b12-6+,13-10+. The molecule has 0 aromatic heterocycles. The number of hydrogen-bond acceptors (Lipinski definition) is 5. The van der Waals surface area contributed by atoms with E-state index in [0.717, 1.165) is 31.3 Å². The van der Waals surface area contributed by atoms with Crippen LogP contribution in [0, 0.1) is 0 Å². The van der Waals surface area contributed by atoms with E-state index < -0.39 is 15.6 Å². The van der Waals surface area contributed by atoms with Gasteiger partial charge in [-0.05, 0) is 46.0 Å². The lowest BCUT2D eigenvalue weighted by Crippen LogP contribution is -2.03. The van der Waals surface area contributed by atoms with Crippen LogP contribution in [0.15, 0.2) is 23.3 Å². The third kappa shape index (κ3) is 14.1. The fourth-order valence-electron chi connectivity index (χ4n) is 1.78. The van der Waals surface area contributed by atoms with Crippen LogP contribution in [0.2, 0.25) is 0 Å². The Hall–Kier alpha value is -0.300. The van der Waals surface area contributed by atoms with Crippen molar-refractivity contribution < 1.29 is 37.8 Å². The topological polar surface area (TPSA) is 134 Å².